The van der Waals surface area contributed by atoms with Crippen molar-refractivity contribution < 1.29 is 4.42 Å². The fourth-order valence-electron chi connectivity index (χ4n) is 2.36. The van der Waals surface area contributed by atoms with Gasteiger partial charge in [-0.2, -0.15) is 0 Å². The maximum Gasteiger partial charge on any atom is 0.421 e. The molecule has 3 rings (SSSR count). The summed E-state index contributed by atoms with van der Waals surface area (Å²) in [5.41, 5.74) is 2.63. The van der Waals surface area contributed by atoms with Gasteiger partial charge in [-0.1, -0.05) is 19.1 Å². The van der Waals surface area contributed by atoms with Gasteiger partial charge in [-0.15, -0.1) is 0 Å². The van der Waals surface area contributed by atoms with Crippen molar-refractivity contribution in [3.05, 3.63) is 64.9 Å². The van der Waals surface area contributed by atoms with Crippen LogP contribution in [0.15, 0.2) is 58.0 Å². The highest BCUT2D eigenvalue weighted by Crippen LogP contribution is 2.13. The molecule has 108 valence electrons. The van der Waals surface area contributed by atoms with Gasteiger partial charge in [0.25, 0.3) is 0 Å². The lowest BCUT2D eigenvalue weighted by Crippen LogP contribution is -2.30. The van der Waals surface area contributed by atoms with Crippen molar-refractivity contribution >= 4 is 11.1 Å². The Balaban J connectivity index is 1.86. The molecule has 0 amide bonds. The van der Waals surface area contributed by atoms with E-state index in [4.69, 9.17) is 4.42 Å². The number of benzene rings is 1. The zero-order chi connectivity index (χ0) is 14.7. The molecule has 0 aliphatic heterocycles. The standard InChI is InChI=1S/C16H17N3O2/c1-2-18(11-13-7-9-17-10-8-13)12-19-14-5-3-4-6-15(14)21-16(19)20/h3-10H,2,11-12H2,1H3. The molecule has 0 saturated carbocycles. The average molecular weight is 283 g/mol. The molecule has 0 aliphatic carbocycles. The van der Waals surface area contributed by atoms with E-state index in [-0.39, 0.29) is 5.76 Å². The Kier molecular flexibility index (Phi) is 3.83. The molecule has 0 bridgehead atoms. The summed E-state index contributed by atoms with van der Waals surface area (Å²) in [4.78, 5) is 18.2. The quantitative estimate of drug-likeness (QED) is 0.722. The van der Waals surface area contributed by atoms with Crippen LogP contribution in [0.3, 0.4) is 0 Å². The van der Waals surface area contributed by atoms with Gasteiger partial charge in [0.1, 0.15) is 0 Å². The van der Waals surface area contributed by atoms with E-state index in [0.717, 1.165) is 18.6 Å². The fraction of sp³-hybridized carbons (Fsp3) is 0.250. The first-order valence-electron chi connectivity index (χ1n) is 6.97. The molecule has 0 N–H and O–H groups in total. The molecule has 0 radical (unpaired) electrons. The SMILES string of the molecule is CCN(Cc1ccncc1)Cn1c(=O)oc2ccccc21. The van der Waals surface area contributed by atoms with Gasteiger partial charge in [0, 0.05) is 18.9 Å². The highest BCUT2D eigenvalue weighted by molar-refractivity contribution is 5.72. The largest absolute Gasteiger partial charge is 0.421 e. The van der Waals surface area contributed by atoms with Crippen LogP contribution in [-0.4, -0.2) is 21.0 Å². The van der Waals surface area contributed by atoms with E-state index in [1.54, 1.807) is 17.0 Å². The van der Waals surface area contributed by atoms with Gasteiger partial charge in [-0.25, -0.2) is 4.79 Å². The summed E-state index contributed by atoms with van der Waals surface area (Å²) in [6.45, 7) is 4.20. The molecule has 2 aromatic heterocycles. The van der Waals surface area contributed by atoms with E-state index >= 15 is 0 Å². The molecular formula is C16H17N3O2. The first-order valence-corrected chi connectivity index (χ1v) is 6.97. The third kappa shape index (κ3) is 2.87. The summed E-state index contributed by atoms with van der Waals surface area (Å²) in [6, 6.07) is 11.5. The van der Waals surface area contributed by atoms with E-state index in [1.165, 1.54) is 5.56 Å². The summed E-state index contributed by atoms with van der Waals surface area (Å²) < 4.78 is 6.93. The van der Waals surface area contributed by atoms with E-state index in [1.807, 2.05) is 36.4 Å². The number of hydrogen-bond acceptors (Lipinski definition) is 4. The van der Waals surface area contributed by atoms with Crippen LogP contribution in [-0.2, 0) is 13.2 Å². The number of hydrogen-bond donors (Lipinski definition) is 0. The minimum absolute atomic E-state index is 0.315. The number of nitrogens with zero attached hydrogens (tertiary/aromatic N) is 3. The predicted octanol–water partition coefficient (Wildman–Crippen LogP) is 2.47. The van der Waals surface area contributed by atoms with E-state index < -0.39 is 0 Å². The molecule has 0 atom stereocenters. The number of fused-ring (bicyclic) bond motifs is 1. The monoisotopic (exact) mass is 283 g/mol. The lowest BCUT2D eigenvalue weighted by molar-refractivity contribution is 0.216. The van der Waals surface area contributed by atoms with Crippen molar-refractivity contribution in [2.24, 2.45) is 0 Å². The van der Waals surface area contributed by atoms with Gasteiger partial charge >= 0.3 is 5.76 Å². The number of aromatic nitrogens is 2. The predicted molar refractivity (Wildman–Crippen MR) is 80.8 cm³/mol. The maximum absolute atomic E-state index is 12.0. The molecule has 0 aliphatic rings. The zero-order valence-corrected chi connectivity index (χ0v) is 11.9. The molecule has 1 aromatic carbocycles. The number of rotatable bonds is 5. The molecular weight excluding hydrogens is 266 g/mol. The molecule has 0 unspecified atom stereocenters. The summed E-state index contributed by atoms with van der Waals surface area (Å²) in [7, 11) is 0. The summed E-state index contributed by atoms with van der Waals surface area (Å²) >= 11 is 0. The maximum atomic E-state index is 12.0. The summed E-state index contributed by atoms with van der Waals surface area (Å²) in [6.07, 6.45) is 3.56. The number of para-hydroxylation sites is 2. The Labute approximate surface area is 122 Å². The van der Waals surface area contributed by atoms with Crippen molar-refractivity contribution in [3.63, 3.8) is 0 Å². The first-order chi connectivity index (χ1) is 10.3. The molecule has 0 spiro atoms. The molecule has 5 nitrogen and oxygen atoms in total. The summed E-state index contributed by atoms with van der Waals surface area (Å²) in [5.74, 6) is -0.315. The van der Waals surface area contributed by atoms with Crippen LogP contribution < -0.4 is 5.76 Å². The first kappa shape index (κ1) is 13.6. The topological polar surface area (TPSA) is 51.3 Å². The molecule has 3 aromatic rings. The lowest BCUT2D eigenvalue weighted by Gasteiger charge is -2.20. The van der Waals surface area contributed by atoms with Crippen molar-refractivity contribution in [1.29, 1.82) is 0 Å². The van der Waals surface area contributed by atoms with Gasteiger partial charge in [-0.3, -0.25) is 14.5 Å². The second-order valence-corrected chi connectivity index (χ2v) is 4.91. The number of oxazole rings is 1. The van der Waals surface area contributed by atoms with Gasteiger partial charge < -0.3 is 4.42 Å². The van der Waals surface area contributed by atoms with Crippen LogP contribution in [0.2, 0.25) is 0 Å². The Morgan fingerprint density at radius 2 is 1.95 bits per heavy atom. The van der Waals surface area contributed by atoms with E-state index in [2.05, 4.69) is 16.8 Å². The Morgan fingerprint density at radius 3 is 2.71 bits per heavy atom. The lowest BCUT2D eigenvalue weighted by atomic mass is 10.2. The smallest absolute Gasteiger partial charge is 0.408 e. The zero-order valence-electron chi connectivity index (χ0n) is 11.9. The minimum atomic E-state index is -0.315. The molecule has 0 fully saturated rings. The van der Waals surface area contributed by atoms with Gasteiger partial charge in [0.05, 0.1) is 12.2 Å². The summed E-state index contributed by atoms with van der Waals surface area (Å²) in [5, 5.41) is 0. The van der Waals surface area contributed by atoms with Crippen LogP contribution in [0.5, 0.6) is 0 Å². The van der Waals surface area contributed by atoms with E-state index in [9.17, 15) is 4.79 Å². The average Bonchev–Trinajstić information content (AvgIpc) is 2.83. The Morgan fingerprint density at radius 1 is 1.19 bits per heavy atom. The molecule has 2 heterocycles. The highest BCUT2D eigenvalue weighted by Gasteiger charge is 2.12. The fourth-order valence-corrected chi connectivity index (χ4v) is 2.36. The minimum Gasteiger partial charge on any atom is -0.408 e. The van der Waals surface area contributed by atoms with Crippen LogP contribution in [0, 0.1) is 0 Å². The van der Waals surface area contributed by atoms with Crippen LogP contribution in [0.25, 0.3) is 11.1 Å². The second kappa shape index (κ2) is 5.93. The number of pyridine rings is 1. The van der Waals surface area contributed by atoms with Gasteiger partial charge in [0.2, 0.25) is 0 Å². The Hall–Kier alpha value is -2.40. The second-order valence-electron chi connectivity index (χ2n) is 4.91. The van der Waals surface area contributed by atoms with Crippen LogP contribution >= 0.6 is 0 Å². The third-order valence-corrected chi connectivity index (χ3v) is 3.52. The molecule has 0 saturated heterocycles. The van der Waals surface area contributed by atoms with Crippen molar-refractivity contribution in [1.82, 2.24) is 14.5 Å². The van der Waals surface area contributed by atoms with Gasteiger partial charge in [-0.05, 0) is 36.4 Å². The van der Waals surface area contributed by atoms with Crippen molar-refractivity contribution in [2.45, 2.75) is 20.1 Å². The van der Waals surface area contributed by atoms with Crippen molar-refractivity contribution in [2.75, 3.05) is 6.54 Å². The van der Waals surface area contributed by atoms with Crippen LogP contribution in [0.4, 0.5) is 0 Å². The van der Waals surface area contributed by atoms with Gasteiger partial charge in [0.15, 0.2) is 5.58 Å². The van der Waals surface area contributed by atoms with Crippen molar-refractivity contribution in [3.8, 4) is 0 Å². The van der Waals surface area contributed by atoms with E-state index in [0.29, 0.717) is 12.3 Å². The normalized spacial score (nSPS) is 11.3. The third-order valence-electron chi connectivity index (χ3n) is 3.52. The molecule has 21 heavy (non-hydrogen) atoms. The molecule has 5 heteroatoms. The Bertz CT molecular complexity index is 777. The highest BCUT2D eigenvalue weighted by atomic mass is 16.4. The van der Waals surface area contributed by atoms with Crippen LogP contribution in [0.1, 0.15) is 12.5 Å².